The maximum atomic E-state index is 12.4. The van der Waals surface area contributed by atoms with Crippen molar-refractivity contribution in [1.82, 2.24) is 10.6 Å². The Hall–Kier alpha value is -2.62. The molecule has 0 aliphatic carbocycles. The van der Waals surface area contributed by atoms with Crippen molar-refractivity contribution >= 4 is 33.6 Å². The first-order chi connectivity index (χ1) is 13.3. The predicted octanol–water partition coefficient (Wildman–Crippen LogP) is 1.57. The van der Waals surface area contributed by atoms with Gasteiger partial charge in [-0.15, -0.1) is 0 Å². The van der Waals surface area contributed by atoms with Crippen LogP contribution in [0.1, 0.15) is 50.0 Å². The fraction of sp³-hybridized carbons (Fsp3) is 0.526. The Bertz CT molecular complexity index is 920. The van der Waals surface area contributed by atoms with Crippen molar-refractivity contribution in [2.75, 3.05) is 17.1 Å². The highest BCUT2D eigenvalue weighted by Crippen LogP contribution is 2.30. The number of aryl methyl sites for hydroxylation is 1. The van der Waals surface area contributed by atoms with Gasteiger partial charge in [-0.2, -0.15) is 0 Å². The topological polar surface area (TPSA) is 122 Å². The molecule has 2 rings (SSSR count). The van der Waals surface area contributed by atoms with Gasteiger partial charge >= 0.3 is 12.0 Å². The number of hydrogen-bond acceptors (Lipinski definition) is 6. The van der Waals surface area contributed by atoms with Crippen LogP contribution in [0.3, 0.4) is 0 Å². The van der Waals surface area contributed by atoms with Crippen LogP contribution in [0.5, 0.6) is 0 Å². The van der Waals surface area contributed by atoms with Crippen molar-refractivity contribution in [1.29, 1.82) is 0 Å². The number of nitrogens with zero attached hydrogens (tertiary/aromatic N) is 1. The average Bonchev–Trinajstić information content (AvgIpc) is 2.57. The number of hydrogen-bond donors (Lipinski definition) is 2. The van der Waals surface area contributed by atoms with Crippen LogP contribution in [-0.2, 0) is 26.0 Å². The lowest BCUT2D eigenvalue weighted by atomic mass is 10.0. The Balaban J connectivity index is 2.06. The van der Waals surface area contributed by atoms with E-state index in [4.69, 9.17) is 4.74 Å². The maximum absolute atomic E-state index is 12.4. The van der Waals surface area contributed by atoms with Gasteiger partial charge in [0.1, 0.15) is 0 Å². The van der Waals surface area contributed by atoms with E-state index in [2.05, 4.69) is 10.6 Å². The van der Waals surface area contributed by atoms with Gasteiger partial charge in [0.15, 0.2) is 6.10 Å². The molecular formula is C19H27N3O6S. The van der Waals surface area contributed by atoms with E-state index < -0.39 is 39.6 Å². The van der Waals surface area contributed by atoms with E-state index in [0.717, 1.165) is 11.8 Å². The number of rotatable bonds is 4. The molecule has 3 amide bonds. The minimum Gasteiger partial charge on any atom is -0.449 e. The number of ether oxygens (including phenoxy) is 1. The van der Waals surface area contributed by atoms with Crippen LogP contribution in [0, 0.1) is 0 Å². The van der Waals surface area contributed by atoms with Crippen LogP contribution < -0.4 is 14.9 Å². The summed E-state index contributed by atoms with van der Waals surface area (Å²) in [6.45, 7) is 7.05. The van der Waals surface area contributed by atoms with E-state index in [1.54, 1.807) is 32.9 Å². The molecule has 1 aliphatic heterocycles. The lowest BCUT2D eigenvalue weighted by molar-refractivity contribution is -0.127. The van der Waals surface area contributed by atoms with Crippen LogP contribution in [0.2, 0.25) is 0 Å². The standard InChI is InChI=1S/C19H27N3O6S/c1-12(16(23)20-18(25)21-19(2,3)4)28-17(24)14-8-9-15-13(11-14)7-6-10-22(15)29(5,26)27/h8-9,11-12H,6-7,10H2,1-5H3,(H2,20,21,23,25)/t12-/m1/s1. The molecule has 10 heteroatoms. The monoisotopic (exact) mass is 425 g/mol. The summed E-state index contributed by atoms with van der Waals surface area (Å²) in [5.74, 6) is -1.48. The van der Waals surface area contributed by atoms with E-state index in [-0.39, 0.29) is 5.56 Å². The molecule has 0 saturated carbocycles. The molecule has 1 aliphatic rings. The molecule has 29 heavy (non-hydrogen) atoms. The number of urea groups is 1. The zero-order valence-corrected chi connectivity index (χ0v) is 18.1. The van der Waals surface area contributed by atoms with E-state index in [1.165, 1.54) is 17.3 Å². The lowest BCUT2D eigenvalue weighted by Gasteiger charge is -2.29. The summed E-state index contributed by atoms with van der Waals surface area (Å²) < 4.78 is 30.3. The number of carbonyl (C=O) groups is 3. The first-order valence-corrected chi connectivity index (χ1v) is 11.1. The van der Waals surface area contributed by atoms with Crippen molar-refractivity contribution < 1.29 is 27.5 Å². The molecule has 2 N–H and O–H groups in total. The summed E-state index contributed by atoms with van der Waals surface area (Å²) in [5, 5.41) is 4.70. The quantitative estimate of drug-likeness (QED) is 0.706. The van der Waals surface area contributed by atoms with Gasteiger partial charge in [-0.25, -0.2) is 18.0 Å². The number of esters is 1. The number of imide groups is 1. The van der Waals surface area contributed by atoms with E-state index in [9.17, 15) is 22.8 Å². The summed E-state index contributed by atoms with van der Waals surface area (Å²) in [4.78, 5) is 36.2. The molecule has 0 fully saturated rings. The SMILES string of the molecule is C[C@@H](OC(=O)c1ccc2c(c1)CCCN2S(C)(=O)=O)C(=O)NC(=O)NC(C)(C)C. The molecule has 1 aromatic rings. The Morgan fingerprint density at radius 3 is 2.45 bits per heavy atom. The molecule has 9 nitrogen and oxygen atoms in total. The number of sulfonamides is 1. The van der Waals surface area contributed by atoms with Crippen molar-refractivity contribution in [2.45, 2.75) is 52.2 Å². The average molecular weight is 426 g/mol. The predicted molar refractivity (Wildman–Crippen MR) is 108 cm³/mol. The Morgan fingerprint density at radius 2 is 1.86 bits per heavy atom. The number of benzene rings is 1. The van der Waals surface area contributed by atoms with Gasteiger partial charge < -0.3 is 10.1 Å². The molecule has 160 valence electrons. The molecule has 1 aromatic carbocycles. The largest absolute Gasteiger partial charge is 0.449 e. The Labute approximate surface area is 170 Å². The van der Waals surface area contributed by atoms with Gasteiger partial charge in [0.05, 0.1) is 17.5 Å². The summed E-state index contributed by atoms with van der Waals surface area (Å²) >= 11 is 0. The van der Waals surface area contributed by atoms with Crippen LogP contribution in [0.15, 0.2) is 18.2 Å². The van der Waals surface area contributed by atoms with Gasteiger partial charge in [0.25, 0.3) is 5.91 Å². The van der Waals surface area contributed by atoms with E-state index >= 15 is 0 Å². The number of carbonyl (C=O) groups excluding carboxylic acids is 3. The van der Waals surface area contributed by atoms with Crippen LogP contribution in [-0.4, -0.2) is 50.8 Å². The molecule has 1 heterocycles. The third-order valence-electron chi connectivity index (χ3n) is 4.17. The number of nitrogens with one attached hydrogen (secondary N) is 2. The van der Waals surface area contributed by atoms with Crippen molar-refractivity contribution in [3.8, 4) is 0 Å². The molecule has 0 bridgehead atoms. The van der Waals surface area contributed by atoms with Gasteiger partial charge in [-0.1, -0.05) is 0 Å². The zero-order chi connectivity index (χ0) is 22.0. The van der Waals surface area contributed by atoms with Crippen LogP contribution >= 0.6 is 0 Å². The summed E-state index contributed by atoms with van der Waals surface area (Å²) in [6.07, 6.45) is 1.23. The Kier molecular flexibility index (Phi) is 6.56. The third-order valence-corrected chi connectivity index (χ3v) is 5.35. The summed E-state index contributed by atoms with van der Waals surface area (Å²) in [6, 6.07) is 3.92. The normalized spacial score (nSPS) is 15.1. The van der Waals surface area contributed by atoms with Gasteiger partial charge in [-0.3, -0.25) is 14.4 Å². The minimum atomic E-state index is -3.40. The third kappa shape index (κ3) is 6.18. The molecular weight excluding hydrogens is 398 g/mol. The lowest BCUT2D eigenvalue weighted by Crippen LogP contribution is -2.50. The van der Waals surface area contributed by atoms with Gasteiger partial charge in [-0.05, 0) is 64.3 Å². The second kappa shape index (κ2) is 8.40. The van der Waals surface area contributed by atoms with Crippen LogP contribution in [0.25, 0.3) is 0 Å². The molecule has 0 aromatic heterocycles. The first-order valence-electron chi connectivity index (χ1n) is 9.22. The second-order valence-electron chi connectivity index (χ2n) is 8.02. The second-order valence-corrected chi connectivity index (χ2v) is 9.93. The fourth-order valence-corrected chi connectivity index (χ4v) is 3.90. The smallest absolute Gasteiger partial charge is 0.338 e. The number of amides is 3. The highest BCUT2D eigenvalue weighted by molar-refractivity contribution is 7.92. The van der Waals surface area contributed by atoms with Gasteiger partial charge in [0, 0.05) is 12.1 Å². The fourth-order valence-electron chi connectivity index (χ4n) is 2.90. The molecule has 1 atom stereocenters. The molecule has 0 radical (unpaired) electrons. The summed E-state index contributed by atoms with van der Waals surface area (Å²) in [5.41, 5.74) is 0.948. The minimum absolute atomic E-state index is 0.206. The molecule has 0 saturated heterocycles. The van der Waals surface area contributed by atoms with Crippen LogP contribution in [0.4, 0.5) is 10.5 Å². The summed E-state index contributed by atoms with van der Waals surface area (Å²) in [7, 11) is -3.40. The van der Waals surface area contributed by atoms with Crippen molar-refractivity contribution in [2.24, 2.45) is 0 Å². The Morgan fingerprint density at radius 1 is 1.21 bits per heavy atom. The van der Waals surface area contributed by atoms with Gasteiger partial charge in [0.2, 0.25) is 10.0 Å². The van der Waals surface area contributed by atoms with E-state index in [0.29, 0.717) is 25.1 Å². The highest BCUT2D eigenvalue weighted by Gasteiger charge is 2.26. The zero-order valence-electron chi connectivity index (χ0n) is 17.2. The van der Waals surface area contributed by atoms with E-state index in [1.807, 2.05) is 0 Å². The van der Waals surface area contributed by atoms with Crippen molar-refractivity contribution in [3.05, 3.63) is 29.3 Å². The molecule has 0 unspecified atom stereocenters. The highest BCUT2D eigenvalue weighted by atomic mass is 32.2. The first kappa shape index (κ1) is 22.7. The molecule has 0 spiro atoms. The number of fused-ring (bicyclic) bond motifs is 1. The van der Waals surface area contributed by atoms with Crippen molar-refractivity contribution in [3.63, 3.8) is 0 Å². The number of anilines is 1. The maximum Gasteiger partial charge on any atom is 0.338 e.